The molecule has 5 nitrogen and oxygen atoms in total. The van der Waals surface area contributed by atoms with Gasteiger partial charge in [-0.3, -0.25) is 9.69 Å². The minimum atomic E-state index is -0.652. The number of amides is 1. The molecule has 3 N–H and O–H groups in total. The average Bonchev–Trinajstić information content (AvgIpc) is 2.49. The zero-order valence-corrected chi connectivity index (χ0v) is 15.2. The normalized spacial score (nSPS) is 13.3. The third-order valence-electron chi connectivity index (χ3n) is 4.12. The second-order valence-corrected chi connectivity index (χ2v) is 7.05. The molecule has 1 unspecified atom stereocenters. The topological polar surface area (TPSA) is 72.8 Å². The number of carbonyl (C=O) groups is 1. The molecule has 1 rings (SSSR count). The van der Waals surface area contributed by atoms with Crippen molar-refractivity contribution in [1.29, 1.82) is 0 Å². The molecule has 0 aromatic heterocycles. The SMILES string of the molecule is Cc1cc(C)c(NC(=O)C(C)N(C)CC(C)(CO)CO)c(Cl)c1. The van der Waals surface area contributed by atoms with Crippen molar-refractivity contribution in [2.45, 2.75) is 33.7 Å². The molecule has 0 heterocycles. The van der Waals surface area contributed by atoms with Crippen LogP contribution in [0.25, 0.3) is 0 Å². The molecule has 0 aliphatic heterocycles. The summed E-state index contributed by atoms with van der Waals surface area (Å²) < 4.78 is 0. The van der Waals surface area contributed by atoms with E-state index in [-0.39, 0.29) is 19.1 Å². The Balaban J connectivity index is 2.82. The lowest BCUT2D eigenvalue weighted by atomic mass is 9.92. The number of likely N-dealkylation sites (N-methyl/N-ethyl adjacent to an activating group) is 1. The fourth-order valence-electron chi connectivity index (χ4n) is 2.39. The molecule has 1 aromatic rings. The predicted molar refractivity (Wildman–Crippen MR) is 93.9 cm³/mol. The summed E-state index contributed by atoms with van der Waals surface area (Å²) in [5, 5.41) is 22.2. The first kappa shape index (κ1) is 19.9. The van der Waals surface area contributed by atoms with E-state index in [1.807, 2.05) is 26.0 Å². The second kappa shape index (κ2) is 8.11. The number of hydrogen-bond donors (Lipinski definition) is 3. The maximum Gasteiger partial charge on any atom is 0.241 e. The van der Waals surface area contributed by atoms with Gasteiger partial charge in [-0.25, -0.2) is 0 Å². The van der Waals surface area contributed by atoms with Crippen LogP contribution in [0.5, 0.6) is 0 Å². The fraction of sp³-hybridized carbons (Fsp3) is 0.588. The first-order valence-electron chi connectivity index (χ1n) is 7.63. The molecule has 0 radical (unpaired) electrons. The molecule has 0 bridgehead atoms. The molecule has 0 fully saturated rings. The molecule has 0 spiro atoms. The van der Waals surface area contributed by atoms with Gasteiger partial charge < -0.3 is 15.5 Å². The summed E-state index contributed by atoms with van der Waals surface area (Å²) in [5.74, 6) is -0.181. The van der Waals surface area contributed by atoms with E-state index in [4.69, 9.17) is 11.6 Å². The van der Waals surface area contributed by atoms with Gasteiger partial charge >= 0.3 is 0 Å². The van der Waals surface area contributed by atoms with Crippen LogP contribution in [0.4, 0.5) is 5.69 Å². The molecule has 1 aromatic carbocycles. The minimum Gasteiger partial charge on any atom is -0.396 e. The summed E-state index contributed by atoms with van der Waals surface area (Å²) in [6, 6.07) is 3.35. The van der Waals surface area contributed by atoms with Gasteiger partial charge in [0.2, 0.25) is 5.91 Å². The number of aliphatic hydroxyl groups excluding tert-OH is 2. The van der Waals surface area contributed by atoms with Gasteiger partial charge in [-0.2, -0.15) is 0 Å². The Kier molecular flexibility index (Phi) is 7.02. The molecular weight excluding hydrogens is 316 g/mol. The Bertz CT molecular complexity index is 536. The van der Waals surface area contributed by atoms with Gasteiger partial charge in [0.1, 0.15) is 0 Å². The summed E-state index contributed by atoms with van der Waals surface area (Å²) >= 11 is 6.22. The summed E-state index contributed by atoms with van der Waals surface area (Å²) in [5.41, 5.74) is 1.92. The number of aryl methyl sites for hydroxylation is 2. The quantitative estimate of drug-likeness (QED) is 0.710. The number of halogens is 1. The summed E-state index contributed by atoms with van der Waals surface area (Å²) in [6.07, 6.45) is 0. The predicted octanol–water partition coefficient (Wildman–Crippen LogP) is 2.21. The Morgan fingerprint density at radius 3 is 2.39 bits per heavy atom. The number of carbonyl (C=O) groups excluding carboxylic acids is 1. The lowest BCUT2D eigenvalue weighted by molar-refractivity contribution is -0.121. The third kappa shape index (κ3) is 5.18. The van der Waals surface area contributed by atoms with Crippen LogP contribution < -0.4 is 5.32 Å². The van der Waals surface area contributed by atoms with E-state index in [0.29, 0.717) is 17.3 Å². The van der Waals surface area contributed by atoms with Gasteiger partial charge in [0.15, 0.2) is 0 Å². The van der Waals surface area contributed by atoms with Crippen LogP contribution in [-0.2, 0) is 4.79 Å². The van der Waals surface area contributed by atoms with E-state index >= 15 is 0 Å². The Hall–Kier alpha value is -1.14. The maximum atomic E-state index is 12.5. The molecule has 0 aliphatic carbocycles. The third-order valence-corrected chi connectivity index (χ3v) is 4.41. The van der Waals surface area contributed by atoms with Crippen LogP contribution in [0.15, 0.2) is 12.1 Å². The Morgan fingerprint density at radius 1 is 1.35 bits per heavy atom. The van der Waals surface area contributed by atoms with Gasteiger partial charge in [0.25, 0.3) is 0 Å². The van der Waals surface area contributed by atoms with Crippen molar-refractivity contribution in [3.8, 4) is 0 Å². The molecular formula is C17H27ClN2O3. The first-order valence-corrected chi connectivity index (χ1v) is 8.01. The number of rotatable bonds is 7. The molecule has 0 aliphatic rings. The van der Waals surface area contributed by atoms with E-state index in [2.05, 4.69) is 5.32 Å². The molecule has 130 valence electrons. The van der Waals surface area contributed by atoms with Gasteiger partial charge in [-0.15, -0.1) is 0 Å². The lowest BCUT2D eigenvalue weighted by Crippen LogP contribution is -2.47. The summed E-state index contributed by atoms with van der Waals surface area (Å²) in [7, 11) is 1.79. The van der Waals surface area contributed by atoms with Crippen LogP contribution in [0, 0.1) is 19.3 Å². The van der Waals surface area contributed by atoms with Crippen molar-refractivity contribution in [1.82, 2.24) is 4.90 Å². The molecule has 1 amide bonds. The highest BCUT2D eigenvalue weighted by molar-refractivity contribution is 6.34. The smallest absolute Gasteiger partial charge is 0.241 e. The van der Waals surface area contributed by atoms with Crippen LogP contribution in [-0.4, -0.2) is 53.9 Å². The highest BCUT2D eigenvalue weighted by Crippen LogP contribution is 2.27. The van der Waals surface area contributed by atoms with Crippen molar-refractivity contribution in [2.24, 2.45) is 5.41 Å². The molecule has 6 heteroatoms. The number of nitrogens with zero attached hydrogens (tertiary/aromatic N) is 1. The van der Waals surface area contributed by atoms with Crippen molar-refractivity contribution in [3.05, 3.63) is 28.3 Å². The Morgan fingerprint density at radius 2 is 1.91 bits per heavy atom. The highest BCUT2D eigenvalue weighted by atomic mass is 35.5. The molecule has 1 atom stereocenters. The van der Waals surface area contributed by atoms with Crippen LogP contribution >= 0.6 is 11.6 Å². The van der Waals surface area contributed by atoms with Gasteiger partial charge in [0, 0.05) is 12.0 Å². The number of hydrogen-bond acceptors (Lipinski definition) is 4. The first-order chi connectivity index (χ1) is 10.6. The van der Waals surface area contributed by atoms with Gasteiger partial charge in [-0.05, 0) is 45.0 Å². The van der Waals surface area contributed by atoms with E-state index < -0.39 is 11.5 Å². The number of benzene rings is 1. The van der Waals surface area contributed by atoms with Gasteiger partial charge in [-0.1, -0.05) is 24.6 Å². The average molecular weight is 343 g/mol. The molecule has 0 saturated heterocycles. The molecule has 0 saturated carbocycles. The van der Waals surface area contributed by atoms with E-state index in [9.17, 15) is 15.0 Å². The zero-order chi connectivity index (χ0) is 17.8. The van der Waals surface area contributed by atoms with E-state index in [1.54, 1.807) is 25.8 Å². The van der Waals surface area contributed by atoms with Crippen molar-refractivity contribution in [3.63, 3.8) is 0 Å². The number of nitrogens with one attached hydrogen (secondary N) is 1. The monoisotopic (exact) mass is 342 g/mol. The Labute approximate surface area is 143 Å². The second-order valence-electron chi connectivity index (χ2n) is 6.65. The van der Waals surface area contributed by atoms with Gasteiger partial charge in [0.05, 0.1) is 30.0 Å². The fourth-order valence-corrected chi connectivity index (χ4v) is 2.76. The van der Waals surface area contributed by atoms with Crippen molar-refractivity contribution in [2.75, 3.05) is 32.1 Å². The van der Waals surface area contributed by atoms with Crippen molar-refractivity contribution < 1.29 is 15.0 Å². The number of anilines is 1. The maximum absolute atomic E-state index is 12.5. The highest BCUT2D eigenvalue weighted by Gasteiger charge is 2.28. The zero-order valence-electron chi connectivity index (χ0n) is 14.5. The van der Waals surface area contributed by atoms with Crippen LogP contribution in [0.1, 0.15) is 25.0 Å². The van der Waals surface area contributed by atoms with E-state index in [0.717, 1.165) is 11.1 Å². The summed E-state index contributed by atoms with van der Waals surface area (Å²) in [6.45, 7) is 7.51. The summed E-state index contributed by atoms with van der Waals surface area (Å²) in [4.78, 5) is 14.3. The van der Waals surface area contributed by atoms with E-state index in [1.165, 1.54) is 0 Å². The molecule has 23 heavy (non-hydrogen) atoms. The van der Waals surface area contributed by atoms with Crippen LogP contribution in [0.3, 0.4) is 0 Å². The minimum absolute atomic E-state index is 0.148. The van der Waals surface area contributed by atoms with Crippen molar-refractivity contribution >= 4 is 23.2 Å². The standard InChI is InChI=1S/C17H27ClN2O3/c1-11-6-12(2)15(14(18)7-11)19-16(23)13(3)20(5)8-17(4,9-21)10-22/h6-7,13,21-22H,8-10H2,1-5H3,(H,19,23). The number of aliphatic hydroxyl groups is 2. The largest absolute Gasteiger partial charge is 0.396 e. The van der Waals surface area contributed by atoms with Crippen LogP contribution in [0.2, 0.25) is 5.02 Å². The lowest BCUT2D eigenvalue weighted by Gasteiger charge is -2.33.